The average Bonchev–Trinajstić information content (AvgIpc) is 3.44. The number of piperazine rings is 1. The first kappa shape index (κ1) is 34.0. The van der Waals surface area contributed by atoms with Crippen LogP contribution in [0.2, 0.25) is 5.02 Å². The molecule has 0 bridgehead atoms. The van der Waals surface area contributed by atoms with Crippen LogP contribution < -0.4 is 15.4 Å². The van der Waals surface area contributed by atoms with Crippen molar-refractivity contribution in [1.82, 2.24) is 20.4 Å². The molecule has 1 saturated carbocycles. The Morgan fingerprint density at radius 2 is 1.77 bits per heavy atom. The number of amides is 3. The normalized spacial score (nSPS) is 21.1. The van der Waals surface area contributed by atoms with E-state index in [1.807, 2.05) is 29.2 Å². The van der Waals surface area contributed by atoms with Crippen LogP contribution in [-0.2, 0) is 16.1 Å². The fraction of sp³-hybridized carbons (Fsp3) is 0.545. The second-order valence-electron chi connectivity index (χ2n) is 12.3. The minimum atomic E-state index is -0.859. The Labute approximate surface area is 271 Å². The second-order valence-corrected chi connectivity index (χ2v) is 12.7. The number of carbonyl (C=O) groups is 3. The van der Waals surface area contributed by atoms with E-state index in [-0.39, 0.29) is 30.1 Å². The third kappa shape index (κ3) is 7.33. The minimum Gasteiger partial charge on any atom is -0.456 e. The molecule has 3 amide bonds. The van der Waals surface area contributed by atoms with Gasteiger partial charge in [-0.1, -0.05) is 49.9 Å². The summed E-state index contributed by atoms with van der Waals surface area (Å²) in [6, 6.07) is 12.1. The summed E-state index contributed by atoms with van der Waals surface area (Å²) < 4.78 is 5.95. The number of halogens is 2. The predicted molar refractivity (Wildman–Crippen MR) is 172 cm³/mol. The monoisotopic (exact) mass is 646 g/mol. The van der Waals surface area contributed by atoms with Crippen LogP contribution in [0.4, 0.5) is 0 Å². The topological polar surface area (TPSA) is 111 Å². The van der Waals surface area contributed by atoms with Crippen LogP contribution >= 0.6 is 24.0 Å². The summed E-state index contributed by atoms with van der Waals surface area (Å²) in [5.41, 5.74) is -0.116. The van der Waals surface area contributed by atoms with Crippen LogP contribution in [0.5, 0.6) is 11.5 Å². The summed E-state index contributed by atoms with van der Waals surface area (Å²) in [7, 11) is 1.57. The van der Waals surface area contributed by atoms with Gasteiger partial charge >= 0.3 is 0 Å². The van der Waals surface area contributed by atoms with E-state index in [1.54, 1.807) is 25.2 Å². The number of nitrogens with zero attached hydrogens (tertiary/aromatic N) is 2. The third-order valence-electron chi connectivity index (χ3n) is 9.32. The van der Waals surface area contributed by atoms with Gasteiger partial charge in [-0.15, -0.1) is 12.4 Å². The number of carbonyl (C=O) groups excluding carboxylic acids is 3. The van der Waals surface area contributed by atoms with Crippen molar-refractivity contribution >= 4 is 41.7 Å². The molecule has 0 unspecified atom stereocenters. The van der Waals surface area contributed by atoms with Crippen molar-refractivity contribution < 1.29 is 24.2 Å². The number of ether oxygens (including phenoxy) is 1. The van der Waals surface area contributed by atoms with Gasteiger partial charge in [-0.2, -0.15) is 0 Å². The first-order valence-electron chi connectivity index (χ1n) is 15.5. The van der Waals surface area contributed by atoms with Gasteiger partial charge in [0.15, 0.2) is 0 Å². The van der Waals surface area contributed by atoms with E-state index in [1.165, 1.54) is 0 Å². The zero-order chi connectivity index (χ0) is 30.6. The van der Waals surface area contributed by atoms with Gasteiger partial charge in [0.2, 0.25) is 11.8 Å². The lowest BCUT2D eigenvalue weighted by molar-refractivity contribution is -0.163. The molecule has 240 valence electrons. The first-order chi connectivity index (χ1) is 20.7. The molecule has 3 aliphatic rings. The summed E-state index contributed by atoms with van der Waals surface area (Å²) in [6.45, 7) is 4.78. The summed E-state index contributed by atoms with van der Waals surface area (Å²) in [5.74, 6) is 0.778. The molecule has 1 aliphatic carbocycles. The maximum Gasteiger partial charge on any atom is 0.251 e. The molecule has 3 N–H and O–H groups in total. The molecule has 2 aliphatic heterocycles. The number of piperidine rings is 1. The Morgan fingerprint density at radius 1 is 1.09 bits per heavy atom. The molecule has 1 spiro atoms. The standard InChI is InChI=1S/C33H43ClN4O5.ClH/c1-3-4-17-38-30(40)27(21-32(42)13-5-6-14-32)36-31(41)33(38)15-18-37(19-16-33)22-23-7-10-25(11-8-23)43-28-12-9-24(20-26(28)34)29(39)35-2;/h7-12,20,27,42H,3-6,13-19,21-22H2,1-2H3,(H,35,39)(H,36,41);1H/t27-;/m1./s1. The van der Waals surface area contributed by atoms with E-state index < -0.39 is 17.2 Å². The fourth-order valence-corrected chi connectivity index (χ4v) is 6.99. The predicted octanol–water partition coefficient (Wildman–Crippen LogP) is 5.07. The smallest absolute Gasteiger partial charge is 0.251 e. The van der Waals surface area contributed by atoms with Crippen LogP contribution in [0.3, 0.4) is 0 Å². The molecule has 0 radical (unpaired) electrons. The molecule has 2 aromatic rings. The van der Waals surface area contributed by atoms with Crippen LogP contribution in [0.1, 0.15) is 80.6 Å². The third-order valence-corrected chi connectivity index (χ3v) is 9.62. The van der Waals surface area contributed by atoms with Crippen molar-refractivity contribution in [3.8, 4) is 11.5 Å². The molecular weight excluding hydrogens is 603 g/mol. The first-order valence-corrected chi connectivity index (χ1v) is 15.9. The van der Waals surface area contributed by atoms with E-state index in [9.17, 15) is 19.5 Å². The summed E-state index contributed by atoms with van der Waals surface area (Å²) in [6.07, 6.45) is 6.55. The number of hydrogen-bond donors (Lipinski definition) is 3. The maximum atomic E-state index is 13.7. The number of hydrogen-bond acceptors (Lipinski definition) is 6. The van der Waals surface area contributed by atoms with E-state index in [0.29, 0.717) is 73.8 Å². The highest BCUT2D eigenvalue weighted by Crippen LogP contribution is 2.38. The van der Waals surface area contributed by atoms with E-state index in [4.69, 9.17) is 16.3 Å². The molecule has 3 fully saturated rings. The highest BCUT2D eigenvalue weighted by Gasteiger charge is 2.54. The average molecular weight is 648 g/mol. The Hall–Kier alpha value is -2.85. The Bertz CT molecular complexity index is 1320. The summed E-state index contributed by atoms with van der Waals surface area (Å²) in [5, 5.41) is 16.9. The molecule has 2 saturated heterocycles. The summed E-state index contributed by atoms with van der Waals surface area (Å²) in [4.78, 5) is 43.4. The van der Waals surface area contributed by atoms with Crippen LogP contribution in [0.25, 0.3) is 0 Å². The van der Waals surface area contributed by atoms with Gasteiger partial charge < -0.3 is 25.4 Å². The van der Waals surface area contributed by atoms with Gasteiger partial charge in [-0.05, 0) is 68.0 Å². The molecule has 5 rings (SSSR count). The lowest BCUT2D eigenvalue weighted by Crippen LogP contribution is -2.73. The fourth-order valence-electron chi connectivity index (χ4n) is 6.77. The van der Waals surface area contributed by atoms with Gasteiger partial charge in [0, 0.05) is 45.2 Å². The van der Waals surface area contributed by atoms with Crippen molar-refractivity contribution in [3.63, 3.8) is 0 Å². The number of rotatable bonds is 10. The number of nitrogens with one attached hydrogen (secondary N) is 2. The number of unbranched alkanes of at least 4 members (excludes halogenated alkanes) is 1. The maximum absolute atomic E-state index is 13.7. The van der Waals surface area contributed by atoms with Gasteiger partial charge in [0.1, 0.15) is 23.1 Å². The lowest BCUT2D eigenvalue weighted by Gasteiger charge is -2.52. The van der Waals surface area contributed by atoms with Gasteiger partial charge in [0.25, 0.3) is 5.91 Å². The van der Waals surface area contributed by atoms with E-state index in [2.05, 4.69) is 22.5 Å². The van der Waals surface area contributed by atoms with Crippen LogP contribution in [0, 0.1) is 0 Å². The minimum absolute atomic E-state index is 0. The Morgan fingerprint density at radius 3 is 2.39 bits per heavy atom. The number of benzene rings is 2. The zero-order valence-electron chi connectivity index (χ0n) is 25.6. The van der Waals surface area contributed by atoms with Gasteiger partial charge in [-0.3, -0.25) is 19.3 Å². The summed E-state index contributed by atoms with van der Waals surface area (Å²) >= 11 is 6.34. The molecule has 0 aromatic heterocycles. The second kappa shape index (κ2) is 14.5. The quantitative estimate of drug-likeness (QED) is 0.332. The molecular formula is C33H44Cl2N4O5. The van der Waals surface area contributed by atoms with Crippen molar-refractivity contribution in [2.24, 2.45) is 0 Å². The van der Waals surface area contributed by atoms with Crippen molar-refractivity contribution in [2.45, 2.75) is 88.4 Å². The van der Waals surface area contributed by atoms with E-state index in [0.717, 1.165) is 37.8 Å². The SMILES string of the molecule is CCCCN1C(=O)[C@@H](CC2(O)CCCC2)NC(=O)C12CCN(Cc1ccc(Oc3ccc(C(=O)NC)cc3Cl)cc1)CC2.Cl. The van der Waals surface area contributed by atoms with E-state index >= 15 is 0 Å². The zero-order valence-corrected chi connectivity index (χ0v) is 27.1. The molecule has 11 heteroatoms. The number of likely N-dealkylation sites (tertiary alicyclic amines) is 1. The largest absolute Gasteiger partial charge is 0.456 e. The molecule has 2 heterocycles. The highest BCUT2D eigenvalue weighted by molar-refractivity contribution is 6.32. The van der Waals surface area contributed by atoms with Crippen molar-refractivity contribution in [2.75, 3.05) is 26.7 Å². The molecule has 1 atom stereocenters. The molecule has 44 heavy (non-hydrogen) atoms. The Balaban J connectivity index is 0.00000442. The Kier molecular flexibility index (Phi) is 11.2. The van der Waals surface area contributed by atoms with Gasteiger partial charge in [0.05, 0.1) is 10.6 Å². The molecule has 9 nitrogen and oxygen atoms in total. The van der Waals surface area contributed by atoms with Gasteiger partial charge in [-0.25, -0.2) is 0 Å². The van der Waals surface area contributed by atoms with Crippen molar-refractivity contribution in [1.29, 1.82) is 0 Å². The van der Waals surface area contributed by atoms with Crippen LogP contribution in [-0.4, -0.2) is 76.5 Å². The highest BCUT2D eigenvalue weighted by atomic mass is 35.5. The lowest BCUT2D eigenvalue weighted by atomic mass is 9.80. The molecule has 2 aromatic carbocycles. The van der Waals surface area contributed by atoms with Crippen LogP contribution in [0.15, 0.2) is 42.5 Å². The van der Waals surface area contributed by atoms with Crippen molar-refractivity contribution in [3.05, 3.63) is 58.6 Å². The number of aliphatic hydroxyl groups is 1.